The van der Waals surface area contributed by atoms with Gasteiger partial charge in [0.25, 0.3) is 5.91 Å². The van der Waals surface area contributed by atoms with E-state index in [4.69, 9.17) is 0 Å². The van der Waals surface area contributed by atoms with Crippen LogP contribution in [-0.4, -0.2) is 23.3 Å². The van der Waals surface area contributed by atoms with Gasteiger partial charge in [0.15, 0.2) is 11.4 Å². The zero-order chi connectivity index (χ0) is 21.4. The first-order valence-electron chi connectivity index (χ1n) is 9.38. The zero-order valence-corrected chi connectivity index (χ0v) is 16.2. The van der Waals surface area contributed by atoms with Gasteiger partial charge in [-0.1, -0.05) is 44.2 Å². The van der Waals surface area contributed by atoms with E-state index in [0.717, 1.165) is 18.2 Å². The molecule has 1 N–H and O–H groups in total. The Morgan fingerprint density at radius 3 is 2.48 bits per heavy atom. The van der Waals surface area contributed by atoms with Crippen LogP contribution in [-0.2, 0) is 16.6 Å². The summed E-state index contributed by atoms with van der Waals surface area (Å²) in [5, 5.41) is 11.2. The molecule has 1 amide bonds. The molecule has 4 nitrogen and oxygen atoms in total. The lowest BCUT2D eigenvalue weighted by Crippen LogP contribution is -2.42. The SMILES string of the molecule is CC(C)CCN1C(=O)[C@](O)(CC(=O)c2cccc(C(F)(F)F)c2)c2ccccc21. The van der Waals surface area contributed by atoms with E-state index in [2.05, 4.69) is 0 Å². The van der Waals surface area contributed by atoms with Crippen LogP contribution in [0.4, 0.5) is 18.9 Å². The summed E-state index contributed by atoms with van der Waals surface area (Å²) in [6, 6.07) is 10.7. The molecule has 1 heterocycles. The number of aliphatic hydroxyl groups is 1. The van der Waals surface area contributed by atoms with Crippen LogP contribution in [0.5, 0.6) is 0 Å². The summed E-state index contributed by atoms with van der Waals surface area (Å²) in [5.74, 6) is -1.03. The first kappa shape index (κ1) is 21.0. The monoisotopic (exact) mass is 405 g/mol. The van der Waals surface area contributed by atoms with E-state index < -0.39 is 35.5 Å². The van der Waals surface area contributed by atoms with E-state index in [-0.39, 0.29) is 5.56 Å². The molecular weight excluding hydrogens is 383 g/mol. The lowest BCUT2D eigenvalue weighted by molar-refractivity contribution is -0.137. The Labute approximate surface area is 167 Å². The molecular formula is C22H22F3NO3. The molecule has 0 spiro atoms. The van der Waals surface area contributed by atoms with Gasteiger partial charge < -0.3 is 10.0 Å². The Morgan fingerprint density at radius 1 is 1.14 bits per heavy atom. The van der Waals surface area contributed by atoms with E-state index in [1.807, 2.05) is 13.8 Å². The van der Waals surface area contributed by atoms with Crippen molar-refractivity contribution in [3.05, 3.63) is 65.2 Å². The minimum Gasteiger partial charge on any atom is -0.375 e. The first-order chi connectivity index (χ1) is 13.5. The third-order valence-electron chi connectivity index (χ3n) is 5.10. The maximum atomic E-state index is 13.0. The summed E-state index contributed by atoms with van der Waals surface area (Å²) in [6.45, 7) is 4.40. The Balaban J connectivity index is 1.92. The van der Waals surface area contributed by atoms with Gasteiger partial charge >= 0.3 is 6.18 Å². The fourth-order valence-electron chi connectivity index (χ4n) is 3.49. The molecule has 7 heteroatoms. The highest BCUT2D eigenvalue weighted by atomic mass is 19.4. The number of nitrogens with zero attached hydrogens (tertiary/aromatic N) is 1. The van der Waals surface area contributed by atoms with Gasteiger partial charge in [-0.25, -0.2) is 0 Å². The number of ketones is 1. The maximum absolute atomic E-state index is 13.0. The highest BCUT2D eigenvalue weighted by Crippen LogP contribution is 2.43. The normalized spacial score (nSPS) is 19.0. The van der Waals surface area contributed by atoms with Crippen molar-refractivity contribution in [3.8, 4) is 0 Å². The van der Waals surface area contributed by atoms with Crippen LogP contribution < -0.4 is 4.90 Å². The molecule has 0 radical (unpaired) electrons. The second-order valence-electron chi connectivity index (χ2n) is 7.70. The molecule has 0 aromatic heterocycles. The average Bonchev–Trinajstić information content (AvgIpc) is 2.87. The fraction of sp³-hybridized carbons (Fsp3) is 0.364. The van der Waals surface area contributed by atoms with Gasteiger partial charge in [0.05, 0.1) is 17.7 Å². The van der Waals surface area contributed by atoms with Crippen LogP contribution in [0.15, 0.2) is 48.5 Å². The number of hydrogen-bond acceptors (Lipinski definition) is 3. The van der Waals surface area contributed by atoms with Crippen molar-refractivity contribution in [2.45, 2.75) is 38.5 Å². The minimum absolute atomic E-state index is 0.195. The number of anilines is 1. The Morgan fingerprint density at radius 2 is 1.83 bits per heavy atom. The summed E-state index contributed by atoms with van der Waals surface area (Å²) in [4.78, 5) is 27.2. The van der Waals surface area contributed by atoms with Crippen LogP contribution in [0.25, 0.3) is 0 Å². The minimum atomic E-state index is -4.59. The highest BCUT2D eigenvalue weighted by Gasteiger charge is 2.50. The number of benzene rings is 2. The molecule has 2 aromatic rings. The van der Waals surface area contributed by atoms with Gasteiger partial charge in [-0.3, -0.25) is 9.59 Å². The first-order valence-corrected chi connectivity index (χ1v) is 9.38. The van der Waals surface area contributed by atoms with Crippen LogP contribution in [0.1, 0.15) is 48.2 Å². The molecule has 0 fully saturated rings. The van der Waals surface area contributed by atoms with E-state index in [9.17, 15) is 27.9 Å². The lowest BCUT2D eigenvalue weighted by Gasteiger charge is -2.23. The van der Waals surface area contributed by atoms with Gasteiger partial charge in [-0.05, 0) is 30.5 Å². The second kappa shape index (κ2) is 7.63. The molecule has 154 valence electrons. The molecule has 0 saturated heterocycles. The number of rotatable bonds is 6. The number of fused-ring (bicyclic) bond motifs is 1. The number of halogens is 3. The molecule has 1 aliphatic heterocycles. The summed E-state index contributed by atoms with van der Waals surface area (Å²) in [7, 11) is 0. The molecule has 29 heavy (non-hydrogen) atoms. The van der Waals surface area contributed by atoms with Gasteiger partial charge in [-0.15, -0.1) is 0 Å². The van der Waals surface area contributed by atoms with Gasteiger partial charge in [0.2, 0.25) is 0 Å². The Bertz CT molecular complexity index is 939. The predicted octanol–water partition coefficient (Wildman–Crippen LogP) is 4.56. The third kappa shape index (κ3) is 4.05. The molecule has 0 unspecified atom stereocenters. The number of para-hydroxylation sites is 1. The quantitative estimate of drug-likeness (QED) is 0.717. The standard InChI is InChI=1S/C22H22F3NO3/c1-14(2)10-11-26-18-9-4-3-8-17(18)21(29,20(26)28)13-19(27)15-6-5-7-16(12-15)22(23,24)25/h3-9,12,14,29H,10-11,13H2,1-2H3/t21-/m0/s1. The fourth-order valence-corrected chi connectivity index (χ4v) is 3.49. The van der Waals surface area contributed by atoms with Crippen LogP contribution in [0, 0.1) is 5.92 Å². The van der Waals surface area contributed by atoms with E-state index in [1.165, 1.54) is 11.0 Å². The zero-order valence-electron chi connectivity index (χ0n) is 16.2. The maximum Gasteiger partial charge on any atom is 0.416 e. The van der Waals surface area contributed by atoms with E-state index in [1.54, 1.807) is 24.3 Å². The van der Waals surface area contributed by atoms with Crippen molar-refractivity contribution in [1.82, 2.24) is 0 Å². The Hall–Kier alpha value is -2.67. The number of carbonyl (C=O) groups is 2. The van der Waals surface area contributed by atoms with E-state index >= 15 is 0 Å². The summed E-state index contributed by atoms with van der Waals surface area (Å²) in [6.07, 6.45) is -4.50. The predicted molar refractivity (Wildman–Crippen MR) is 103 cm³/mol. The molecule has 0 saturated carbocycles. The van der Waals surface area contributed by atoms with Crippen molar-refractivity contribution in [2.24, 2.45) is 5.92 Å². The Kier molecular flexibility index (Phi) is 5.54. The van der Waals surface area contributed by atoms with Crippen molar-refractivity contribution < 1.29 is 27.9 Å². The van der Waals surface area contributed by atoms with Crippen molar-refractivity contribution in [2.75, 3.05) is 11.4 Å². The topological polar surface area (TPSA) is 57.6 Å². The highest BCUT2D eigenvalue weighted by molar-refractivity contribution is 6.10. The molecule has 1 aliphatic rings. The molecule has 2 aromatic carbocycles. The largest absolute Gasteiger partial charge is 0.416 e. The molecule has 1 atom stereocenters. The van der Waals surface area contributed by atoms with Crippen LogP contribution >= 0.6 is 0 Å². The van der Waals surface area contributed by atoms with Gasteiger partial charge in [-0.2, -0.15) is 13.2 Å². The summed E-state index contributed by atoms with van der Waals surface area (Å²) in [5.41, 5.74) is -2.42. The van der Waals surface area contributed by atoms with Gasteiger partial charge in [0, 0.05) is 17.7 Å². The third-order valence-corrected chi connectivity index (χ3v) is 5.10. The van der Waals surface area contributed by atoms with Crippen molar-refractivity contribution in [1.29, 1.82) is 0 Å². The average molecular weight is 405 g/mol. The van der Waals surface area contributed by atoms with Crippen LogP contribution in [0.3, 0.4) is 0 Å². The number of amides is 1. The number of Topliss-reactive ketones (excluding diaryl/α,β-unsaturated/α-hetero) is 1. The second-order valence-corrected chi connectivity index (χ2v) is 7.70. The summed E-state index contributed by atoms with van der Waals surface area (Å²) >= 11 is 0. The number of alkyl halides is 3. The number of carbonyl (C=O) groups excluding carboxylic acids is 2. The van der Waals surface area contributed by atoms with Gasteiger partial charge in [0.1, 0.15) is 0 Å². The van der Waals surface area contributed by atoms with Crippen molar-refractivity contribution >= 4 is 17.4 Å². The molecule has 0 aliphatic carbocycles. The van der Waals surface area contributed by atoms with Crippen molar-refractivity contribution in [3.63, 3.8) is 0 Å². The molecule has 3 rings (SSSR count). The number of hydrogen-bond donors (Lipinski definition) is 1. The summed E-state index contributed by atoms with van der Waals surface area (Å²) < 4.78 is 38.9. The lowest BCUT2D eigenvalue weighted by atomic mass is 9.88. The molecule has 0 bridgehead atoms. The van der Waals surface area contributed by atoms with E-state index in [0.29, 0.717) is 30.1 Å². The smallest absolute Gasteiger partial charge is 0.375 e. The van der Waals surface area contributed by atoms with Crippen LogP contribution in [0.2, 0.25) is 0 Å².